The Morgan fingerprint density at radius 3 is 2.17 bits per heavy atom. The number of ether oxygens (including phenoxy) is 4. The Kier molecular flexibility index (Phi) is 4.56. The Morgan fingerprint density at radius 2 is 1.54 bits per heavy atom. The van der Waals surface area contributed by atoms with E-state index in [2.05, 4.69) is 26.0 Å². The summed E-state index contributed by atoms with van der Waals surface area (Å²) in [4.78, 5) is 0. The van der Waals surface area contributed by atoms with Crippen molar-refractivity contribution in [2.24, 2.45) is 0 Å². The second-order valence-corrected chi connectivity index (χ2v) is 6.22. The molecule has 0 aliphatic carbocycles. The average molecular weight is 328 g/mol. The topological polar surface area (TPSA) is 36.9 Å². The van der Waals surface area contributed by atoms with Crippen molar-refractivity contribution in [1.82, 2.24) is 0 Å². The smallest absolute Gasteiger partial charge is 0.231 e. The van der Waals surface area contributed by atoms with E-state index < -0.39 is 0 Å². The van der Waals surface area contributed by atoms with Gasteiger partial charge >= 0.3 is 0 Å². The first-order valence-corrected chi connectivity index (χ1v) is 8.36. The highest BCUT2D eigenvalue weighted by atomic mass is 16.7. The molecule has 0 amide bonds. The van der Waals surface area contributed by atoms with Crippen LogP contribution in [-0.4, -0.2) is 20.0 Å². The number of rotatable bonds is 6. The maximum atomic E-state index is 5.87. The number of hydrogen-bond acceptors (Lipinski definition) is 4. The third kappa shape index (κ3) is 3.01. The standard InChI is InChI=1S/C20H24O4/c1-5-21-15-9-7-14(8-10-15)20(3,4)16-11-18-19(24-13-23-18)12-17(16)22-6-2/h7-12H,5-6,13H2,1-4H3. The third-order valence-electron chi connectivity index (χ3n) is 4.33. The maximum Gasteiger partial charge on any atom is 0.231 e. The summed E-state index contributed by atoms with van der Waals surface area (Å²) in [6.45, 7) is 9.86. The summed E-state index contributed by atoms with van der Waals surface area (Å²) in [6, 6.07) is 12.2. The number of fused-ring (bicyclic) bond motifs is 1. The molecule has 1 aliphatic rings. The number of hydrogen-bond donors (Lipinski definition) is 0. The van der Waals surface area contributed by atoms with Crippen LogP contribution in [0.4, 0.5) is 0 Å². The fourth-order valence-electron chi connectivity index (χ4n) is 2.98. The van der Waals surface area contributed by atoms with Crippen molar-refractivity contribution in [3.63, 3.8) is 0 Å². The second-order valence-electron chi connectivity index (χ2n) is 6.22. The van der Waals surface area contributed by atoms with Gasteiger partial charge in [0.15, 0.2) is 11.5 Å². The van der Waals surface area contributed by atoms with Crippen LogP contribution in [0.3, 0.4) is 0 Å². The second kappa shape index (κ2) is 6.63. The lowest BCUT2D eigenvalue weighted by Gasteiger charge is -2.28. The van der Waals surface area contributed by atoms with Gasteiger partial charge in [0.1, 0.15) is 11.5 Å². The molecule has 0 N–H and O–H groups in total. The van der Waals surface area contributed by atoms with Crippen molar-refractivity contribution in [2.75, 3.05) is 20.0 Å². The van der Waals surface area contributed by atoms with Crippen molar-refractivity contribution in [2.45, 2.75) is 33.1 Å². The van der Waals surface area contributed by atoms with Gasteiger partial charge in [-0.25, -0.2) is 0 Å². The van der Waals surface area contributed by atoms with Crippen molar-refractivity contribution < 1.29 is 18.9 Å². The van der Waals surface area contributed by atoms with Crippen molar-refractivity contribution in [3.05, 3.63) is 47.5 Å². The first kappa shape index (κ1) is 16.5. The Balaban J connectivity index is 2.01. The predicted molar refractivity (Wildman–Crippen MR) is 93.5 cm³/mol. The fraction of sp³-hybridized carbons (Fsp3) is 0.400. The van der Waals surface area contributed by atoms with Gasteiger partial charge < -0.3 is 18.9 Å². The molecule has 4 heteroatoms. The van der Waals surface area contributed by atoms with Crippen LogP contribution in [0.2, 0.25) is 0 Å². The largest absolute Gasteiger partial charge is 0.494 e. The van der Waals surface area contributed by atoms with Crippen LogP contribution in [0.5, 0.6) is 23.0 Å². The quantitative estimate of drug-likeness (QED) is 0.780. The van der Waals surface area contributed by atoms with Gasteiger partial charge in [0, 0.05) is 17.0 Å². The monoisotopic (exact) mass is 328 g/mol. The van der Waals surface area contributed by atoms with Gasteiger partial charge in [0.05, 0.1) is 13.2 Å². The van der Waals surface area contributed by atoms with Crippen LogP contribution in [-0.2, 0) is 5.41 Å². The van der Waals surface area contributed by atoms with Crippen molar-refractivity contribution in [3.8, 4) is 23.0 Å². The van der Waals surface area contributed by atoms with Crippen LogP contribution in [0, 0.1) is 0 Å². The van der Waals surface area contributed by atoms with E-state index in [-0.39, 0.29) is 12.2 Å². The first-order valence-electron chi connectivity index (χ1n) is 8.36. The molecule has 0 atom stereocenters. The predicted octanol–water partition coefficient (Wildman–Crippen LogP) is 4.54. The van der Waals surface area contributed by atoms with Gasteiger partial charge in [0.25, 0.3) is 0 Å². The van der Waals surface area contributed by atoms with Gasteiger partial charge in [-0.2, -0.15) is 0 Å². The van der Waals surface area contributed by atoms with Crippen LogP contribution in [0.25, 0.3) is 0 Å². The lowest BCUT2D eigenvalue weighted by molar-refractivity contribution is 0.173. The van der Waals surface area contributed by atoms with Crippen LogP contribution < -0.4 is 18.9 Å². The van der Waals surface area contributed by atoms with E-state index in [1.807, 2.05) is 38.1 Å². The molecule has 3 rings (SSSR count). The minimum atomic E-state index is -0.240. The van der Waals surface area contributed by atoms with E-state index in [1.54, 1.807) is 0 Å². The van der Waals surface area contributed by atoms with Crippen LogP contribution in [0.15, 0.2) is 36.4 Å². The summed E-state index contributed by atoms with van der Waals surface area (Å²) in [5.74, 6) is 3.23. The molecule has 2 aromatic carbocycles. The molecule has 0 saturated heterocycles. The van der Waals surface area contributed by atoms with Gasteiger partial charge in [0.2, 0.25) is 6.79 Å². The minimum absolute atomic E-state index is 0.240. The third-order valence-corrected chi connectivity index (χ3v) is 4.33. The van der Waals surface area contributed by atoms with Crippen LogP contribution >= 0.6 is 0 Å². The van der Waals surface area contributed by atoms with E-state index in [4.69, 9.17) is 18.9 Å². The van der Waals surface area contributed by atoms with E-state index in [1.165, 1.54) is 5.56 Å². The highest BCUT2D eigenvalue weighted by molar-refractivity contribution is 5.56. The van der Waals surface area contributed by atoms with Gasteiger partial charge in [-0.1, -0.05) is 26.0 Å². The molecule has 1 aliphatic heterocycles. The molecule has 0 radical (unpaired) electrons. The molecule has 0 aromatic heterocycles. The van der Waals surface area contributed by atoms with Gasteiger partial charge in [-0.05, 0) is 37.6 Å². The molecule has 24 heavy (non-hydrogen) atoms. The molecule has 128 valence electrons. The van der Waals surface area contributed by atoms with Crippen LogP contribution in [0.1, 0.15) is 38.8 Å². The van der Waals surface area contributed by atoms with Crippen molar-refractivity contribution >= 4 is 0 Å². The molecule has 2 aromatic rings. The lowest BCUT2D eigenvalue weighted by atomic mass is 9.77. The van der Waals surface area contributed by atoms with E-state index in [0.717, 1.165) is 28.6 Å². The minimum Gasteiger partial charge on any atom is -0.494 e. The van der Waals surface area contributed by atoms with E-state index in [9.17, 15) is 0 Å². The Morgan fingerprint density at radius 1 is 0.917 bits per heavy atom. The Bertz CT molecular complexity index is 704. The fourth-order valence-corrected chi connectivity index (χ4v) is 2.98. The summed E-state index contributed by atoms with van der Waals surface area (Å²) in [6.07, 6.45) is 0. The molecule has 0 unspecified atom stereocenters. The highest BCUT2D eigenvalue weighted by Crippen LogP contribution is 2.45. The zero-order valence-corrected chi connectivity index (χ0v) is 14.7. The van der Waals surface area contributed by atoms with Gasteiger partial charge in [-0.3, -0.25) is 0 Å². The zero-order valence-electron chi connectivity index (χ0n) is 14.7. The average Bonchev–Trinajstić information content (AvgIpc) is 3.02. The molecule has 0 fully saturated rings. The molecule has 1 heterocycles. The summed E-state index contributed by atoms with van der Waals surface area (Å²) < 4.78 is 22.5. The molecule has 0 bridgehead atoms. The highest BCUT2D eigenvalue weighted by Gasteiger charge is 2.30. The lowest BCUT2D eigenvalue weighted by Crippen LogP contribution is -2.20. The SMILES string of the molecule is CCOc1ccc(C(C)(C)c2cc3c(cc2OCC)OCO3)cc1. The summed E-state index contributed by atoms with van der Waals surface area (Å²) in [5, 5.41) is 0. The molecule has 0 saturated carbocycles. The first-order chi connectivity index (χ1) is 11.6. The normalized spacial score (nSPS) is 13.0. The summed E-state index contributed by atoms with van der Waals surface area (Å²) in [7, 11) is 0. The summed E-state index contributed by atoms with van der Waals surface area (Å²) >= 11 is 0. The maximum absolute atomic E-state index is 5.87. The Labute approximate surface area is 143 Å². The molecular weight excluding hydrogens is 304 g/mol. The molecule has 4 nitrogen and oxygen atoms in total. The number of benzene rings is 2. The van der Waals surface area contributed by atoms with Gasteiger partial charge in [-0.15, -0.1) is 0 Å². The molecular formula is C20H24O4. The van der Waals surface area contributed by atoms with E-state index in [0.29, 0.717) is 13.2 Å². The van der Waals surface area contributed by atoms with Crippen molar-refractivity contribution in [1.29, 1.82) is 0 Å². The zero-order chi connectivity index (χ0) is 17.2. The summed E-state index contributed by atoms with van der Waals surface area (Å²) in [5.41, 5.74) is 2.03. The van der Waals surface area contributed by atoms with E-state index >= 15 is 0 Å². The Hall–Kier alpha value is -2.36. The molecule has 0 spiro atoms.